The summed E-state index contributed by atoms with van der Waals surface area (Å²) < 4.78 is 34.0. The molecular weight excluding hydrogens is 442 g/mol. The summed E-state index contributed by atoms with van der Waals surface area (Å²) in [5.41, 5.74) is 2.38. The molecule has 1 aliphatic heterocycles. The van der Waals surface area contributed by atoms with Crippen molar-refractivity contribution in [1.29, 1.82) is 0 Å². The summed E-state index contributed by atoms with van der Waals surface area (Å²) in [6.07, 6.45) is 0.945. The number of hydrogen-bond donors (Lipinski definition) is 2. The second-order valence-corrected chi connectivity index (χ2v) is 10.3. The van der Waals surface area contributed by atoms with Crippen molar-refractivity contribution in [3.8, 4) is 5.75 Å². The third-order valence-corrected chi connectivity index (χ3v) is 7.03. The van der Waals surface area contributed by atoms with Gasteiger partial charge in [-0.15, -0.1) is 0 Å². The molecule has 178 valence electrons. The van der Waals surface area contributed by atoms with E-state index in [-0.39, 0.29) is 29.2 Å². The molecule has 2 aromatic rings. The minimum Gasteiger partial charge on any atom is -0.497 e. The molecule has 1 atom stereocenters. The Hall–Kier alpha value is -2.91. The SMILES string of the molecule is COc1cccc(CNC(=O)[C@H](CC(C)C)NS(=O)(=O)c2ccc3c(c2)CCN3C(C)=O)c1. The predicted octanol–water partition coefficient (Wildman–Crippen LogP) is 2.61. The molecule has 0 fully saturated rings. The van der Waals surface area contributed by atoms with Crippen LogP contribution in [0.25, 0.3) is 0 Å². The topological polar surface area (TPSA) is 105 Å². The van der Waals surface area contributed by atoms with Crippen LogP contribution in [-0.2, 0) is 32.6 Å². The minimum atomic E-state index is -3.94. The van der Waals surface area contributed by atoms with Gasteiger partial charge in [-0.3, -0.25) is 9.59 Å². The molecule has 0 spiro atoms. The summed E-state index contributed by atoms with van der Waals surface area (Å²) >= 11 is 0. The number of anilines is 1. The Balaban J connectivity index is 1.74. The van der Waals surface area contributed by atoms with E-state index < -0.39 is 16.1 Å². The first-order valence-corrected chi connectivity index (χ1v) is 12.4. The van der Waals surface area contributed by atoms with E-state index in [9.17, 15) is 18.0 Å². The number of ether oxygens (including phenoxy) is 1. The maximum atomic E-state index is 13.1. The second-order valence-electron chi connectivity index (χ2n) is 8.58. The zero-order chi connectivity index (χ0) is 24.2. The van der Waals surface area contributed by atoms with Gasteiger partial charge in [-0.05, 0) is 60.2 Å². The summed E-state index contributed by atoms with van der Waals surface area (Å²) in [6, 6.07) is 11.1. The van der Waals surface area contributed by atoms with Gasteiger partial charge in [0.1, 0.15) is 11.8 Å². The van der Waals surface area contributed by atoms with Gasteiger partial charge in [-0.2, -0.15) is 4.72 Å². The van der Waals surface area contributed by atoms with Crippen LogP contribution in [0.5, 0.6) is 5.75 Å². The molecule has 1 heterocycles. The molecule has 0 radical (unpaired) electrons. The van der Waals surface area contributed by atoms with Gasteiger partial charge in [-0.1, -0.05) is 26.0 Å². The molecule has 2 amide bonds. The second kappa shape index (κ2) is 10.4. The molecule has 0 aliphatic carbocycles. The highest BCUT2D eigenvalue weighted by molar-refractivity contribution is 7.89. The van der Waals surface area contributed by atoms with Crippen LogP contribution in [0, 0.1) is 5.92 Å². The number of rotatable bonds is 9. The van der Waals surface area contributed by atoms with Crippen molar-refractivity contribution in [1.82, 2.24) is 10.0 Å². The Morgan fingerprint density at radius 1 is 1.15 bits per heavy atom. The van der Waals surface area contributed by atoms with Crippen LogP contribution in [-0.4, -0.2) is 39.9 Å². The van der Waals surface area contributed by atoms with E-state index in [1.54, 1.807) is 24.1 Å². The average Bonchev–Trinajstić information content (AvgIpc) is 3.20. The molecule has 2 N–H and O–H groups in total. The quantitative estimate of drug-likeness (QED) is 0.583. The molecule has 0 aromatic heterocycles. The number of carbonyl (C=O) groups excluding carboxylic acids is 2. The molecule has 8 nitrogen and oxygen atoms in total. The highest BCUT2D eigenvalue weighted by atomic mass is 32.2. The van der Waals surface area contributed by atoms with Gasteiger partial charge in [0.25, 0.3) is 0 Å². The predicted molar refractivity (Wildman–Crippen MR) is 127 cm³/mol. The first-order chi connectivity index (χ1) is 15.6. The van der Waals surface area contributed by atoms with Gasteiger partial charge in [0, 0.05) is 25.7 Å². The normalized spacial score (nSPS) is 14.2. The lowest BCUT2D eigenvalue weighted by atomic mass is 10.0. The van der Waals surface area contributed by atoms with Crippen LogP contribution in [0.1, 0.15) is 38.3 Å². The van der Waals surface area contributed by atoms with E-state index in [0.717, 1.165) is 16.8 Å². The third kappa shape index (κ3) is 6.11. The van der Waals surface area contributed by atoms with Crippen molar-refractivity contribution >= 4 is 27.5 Å². The summed E-state index contributed by atoms with van der Waals surface area (Å²) in [5, 5.41) is 2.82. The van der Waals surface area contributed by atoms with Crippen LogP contribution < -0.4 is 19.7 Å². The number of carbonyl (C=O) groups is 2. The van der Waals surface area contributed by atoms with Gasteiger partial charge in [-0.25, -0.2) is 8.42 Å². The maximum absolute atomic E-state index is 13.1. The number of nitrogens with one attached hydrogen (secondary N) is 2. The number of benzene rings is 2. The third-order valence-electron chi connectivity index (χ3n) is 5.56. The summed E-state index contributed by atoms with van der Waals surface area (Å²) in [6.45, 7) is 6.14. The zero-order valence-electron chi connectivity index (χ0n) is 19.4. The monoisotopic (exact) mass is 473 g/mol. The van der Waals surface area contributed by atoms with Gasteiger partial charge in [0.05, 0.1) is 12.0 Å². The first-order valence-electron chi connectivity index (χ1n) is 10.9. The van der Waals surface area contributed by atoms with E-state index in [1.807, 2.05) is 38.1 Å². The maximum Gasteiger partial charge on any atom is 0.241 e. The lowest BCUT2D eigenvalue weighted by Crippen LogP contribution is -2.47. The zero-order valence-corrected chi connectivity index (χ0v) is 20.2. The Kier molecular flexibility index (Phi) is 7.76. The lowest BCUT2D eigenvalue weighted by molar-refractivity contribution is -0.123. The minimum absolute atomic E-state index is 0.0767. The Morgan fingerprint density at radius 2 is 1.91 bits per heavy atom. The van der Waals surface area contributed by atoms with E-state index in [0.29, 0.717) is 25.1 Å². The Bertz CT molecular complexity index is 1130. The van der Waals surface area contributed by atoms with E-state index in [2.05, 4.69) is 10.0 Å². The van der Waals surface area contributed by atoms with Crippen LogP contribution in [0.2, 0.25) is 0 Å². The number of nitrogens with zero attached hydrogens (tertiary/aromatic N) is 1. The number of hydrogen-bond acceptors (Lipinski definition) is 5. The van der Waals surface area contributed by atoms with Crippen LogP contribution in [0.4, 0.5) is 5.69 Å². The van der Waals surface area contributed by atoms with Gasteiger partial charge in [0.2, 0.25) is 21.8 Å². The molecule has 9 heteroatoms. The summed E-state index contributed by atoms with van der Waals surface area (Å²) in [4.78, 5) is 26.4. The van der Waals surface area contributed by atoms with Crippen molar-refractivity contribution in [3.05, 3.63) is 53.6 Å². The standard InChI is InChI=1S/C24H31N3O5S/c1-16(2)12-22(24(29)25-15-18-6-5-7-20(13-18)32-4)26-33(30,31)21-8-9-23-19(14-21)10-11-27(23)17(3)28/h5-9,13-14,16,22,26H,10-12,15H2,1-4H3,(H,25,29)/t22-/m0/s1. The average molecular weight is 474 g/mol. The number of methoxy groups -OCH3 is 1. The van der Waals surface area contributed by atoms with Crippen molar-refractivity contribution in [2.24, 2.45) is 5.92 Å². The van der Waals surface area contributed by atoms with Gasteiger partial charge < -0.3 is 15.0 Å². The van der Waals surface area contributed by atoms with Gasteiger partial charge in [0.15, 0.2) is 0 Å². The fourth-order valence-electron chi connectivity index (χ4n) is 3.90. The van der Waals surface area contributed by atoms with E-state index in [4.69, 9.17) is 4.74 Å². The highest BCUT2D eigenvalue weighted by Gasteiger charge is 2.29. The summed E-state index contributed by atoms with van der Waals surface area (Å²) in [7, 11) is -2.37. The van der Waals surface area contributed by atoms with E-state index in [1.165, 1.54) is 13.0 Å². The fourth-order valence-corrected chi connectivity index (χ4v) is 5.16. The molecule has 0 bridgehead atoms. The molecule has 1 aliphatic rings. The van der Waals surface area contributed by atoms with Crippen LogP contribution in [0.15, 0.2) is 47.4 Å². The van der Waals surface area contributed by atoms with Crippen molar-refractivity contribution < 1.29 is 22.7 Å². The van der Waals surface area contributed by atoms with Crippen LogP contribution in [0.3, 0.4) is 0 Å². The number of amides is 2. The fraction of sp³-hybridized carbons (Fsp3) is 0.417. The number of sulfonamides is 1. The van der Waals surface area contributed by atoms with Crippen molar-refractivity contribution in [2.45, 2.75) is 51.1 Å². The molecule has 3 rings (SSSR count). The molecule has 0 saturated heterocycles. The van der Waals surface area contributed by atoms with E-state index >= 15 is 0 Å². The largest absolute Gasteiger partial charge is 0.497 e. The molecule has 33 heavy (non-hydrogen) atoms. The summed E-state index contributed by atoms with van der Waals surface area (Å²) in [5.74, 6) is 0.316. The van der Waals surface area contributed by atoms with Gasteiger partial charge >= 0.3 is 0 Å². The molecule has 0 unspecified atom stereocenters. The highest BCUT2D eigenvalue weighted by Crippen LogP contribution is 2.30. The molecule has 0 saturated carbocycles. The number of fused-ring (bicyclic) bond motifs is 1. The molecule has 2 aromatic carbocycles. The van der Waals surface area contributed by atoms with Crippen molar-refractivity contribution in [2.75, 3.05) is 18.6 Å². The van der Waals surface area contributed by atoms with Crippen molar-refractivity contribution in [3.63, 3.8) is 0 Å². The Labute approximate surface area is 195 Å². The Morgan fingerprint density at radius 3 is 2.58 bits per heavy atom. The lowest BCUT2D eigenvalue weighted by Gasteiger charge is -2.21. The molecular formula is C24H31N3O5S. The van der Waals surface area contributed by atoms with Crippen LogP contribution >= 0.6 is 0 Å². The first kappa shape index (κ1) is 24.7. The smallest absolute Gasteiger partial charge is 0.241 e.